The Morgan fingerprint density at radius 2 is 2.00 bits per heavy atom. The van der Waals surface area contributed by atoms with E-state index in [4.69, 9.17) is 0 Å². The van der Waals surface area contributed by atoms with Gasteiger partial charge in [-0.25, -0.2) is 0 Å². The number of hydrogen-bond donors (Lipinski definition) is 0. The zero-order valence-electron chi connectivity index (χ0n) is 11.7. The molecule has 0 radical (unpaired) electrons. The average Bonchev–Trinajstić information content (AvgIpc) is 3.23. The lowest BCUT2D eigenvalue weighted by molar-refractivity contribution is 0.0824. The maximum absolute atomic E-state index is 12.5. The van der Waals surface area contributed by atoms with Gasteiger partial charge in [-0.05, 0) is 44.9 Å². The minimum Gasteiger partial charge on any atom is -0.292 e. The molecule has 1 atom stereocenters. The molecule has 1 fully saturated rings. The van der Waals surface area contributed by atoms with Crippen LogP contribution in [0.3, 0.4) is 0 Å². The Morgan fingerprint density at radius 1 is 1.37 bits per heavy atom. The first-order valence-electron chi connectivity index (χ1n) is 7.19. The highest BCUT2D eigenvalue weighted by Gasteiger charge is 2.34. The van der Waals surface area contributed by atoms with E-state index in [-0.39, 0.29) is 11.8 Å². The summed E-state index contributed by atoms with van der Waals surface area (Å²) in [5.74, 6) is 0.246. The highest BCUT2D eigenvalue weighted by Crippen LogP contribution is 2.30. The summed E-state index contributed by atoms with van der Waals surface area (Å²) in [6.45, 7) is 5.30. The Bertz CT molecular complexity index is 425. The number of ketones is 1. The molecule has 0 bridgehead atoms. The number of unbranched alkanes of at least 4 members (excludes halogenated alkanes) is 1. The van der Waals surface area contributed by atoms with Gasteiger partial charge in [0, 0.05) is 16.1 Å². The number of halogens is 1. The van der Waals surface area contributed by atoms with E-state index in [2.05, 4.69) is 34.7 Å². The molecule has 1 aromatic rings. The monoisotopic (exact) mass is 323 g/mol. The van der Waals surface area contributed by atoms with Crippen molar-refractivity contribution >= 4 is 21.7 Å². The summed E-state index contributed by atoms with van der Waals surface area (Å²) >= 11 is 3.41. The molecule has 19 heavy (non-hydrogen) atoms. The van der Waals surface area contributed by atoms with E-state index in [1.807, 2.05) is 24.3 Å². The number of rotatable bonds is 7. The van der Waals surface area contributed by atoms with Gasteiger partial charge in [0.2, 0.25) is 0 Å². The average molecular weight is 324 g/mol. The Hall–Kier alpha value is -0.670. The third kappa shape index (κ3) is 3.90. The molecule has 1 aromatic carbocycles. The minimum atomic E-state index is 0.000209. The van der Waals surface area contributed by atoms with Crippen LogP contribution in [0.2, 0.25) is 0 Å². The molecule has 1 aliphatic rings. The number of benzene rings is 1. The largest absolute Gasteiger partial charge is 0.292 e. The lowest BCUT2D eigenvalue weighted by Gasteiger charge is -2.28. The number of nitrogens with zero attached hydrogens (tertiary/aromatic N) is 1. The third-order valence-electron chi connectivity index (χ3n) is 3.79. The molecule has 1 saturated carbocycles. The summed E-state index contributed by atoms with van der Waals surface area (Å²) in [4.78, 5) is 14.9. The van der Waals surface area contributed by atoms with Crippen LogP contribution < -0.4 is 0 Å². The van der Waals surface area contributed by atoms with Gasteiger partial charge in [-0.2, -0.15) is 0 Å². The van der Waals surface area contributed by atoms with Crippen molar-refractivity contribution in [2.45, 2.75) is 51.6 Å². The molecule has 104 valence electrons. The van der Waals surface area contributed by atoms with Crippen molar-refractivity contribution in [3.8, 4) is 0 Å². The van der Waals surface area contributed by atoms with E-state index in [1.54, 1.807) is 0 Å². The Labute approximate surface area is 124 Å². The maximum atomic E-state index is 12.5. The molecule has 0 heterocycles. The van der Waals surface area contributed by atoms with Gasteiger partial charge in [-0.15, -0.1) is 0 Å². The van der Waals surface area contributed by atoms with Crippen molar-refractivity contribution < 1.29 is 4.79 Å². The van der Waals surface area contributed by atoms with Crippen molar-refractivity contribution in [2.75, 3.05) is 6.54 Å². The lowest BCUT2D eigenvalue weighted by atomic mass is 10.0. The van der Waals surface area contributed by atoms with Crippen molar-refractivity contribution in [3.05, 3.63) is 34.3 Å². The number of hydrogen-bond acceptors (Lipinski definition) is 2. The zero-order chi connectivity index (χ0) is 13.8. The second-order valence-corrected chi connectivity index (χ2v) is 6.29. The predicted octanol–water partition coefficient (Wildman–Crippen LogP) is 4.28. The van der Waals surface area contributed by atoms with E-state index in [0.717, 1.165) is 16.6 Å². The van der Waals surface area contributed by atoms with Crippen molar-refractivity contribution in [1.82, 2.24) is 4.90 Å². The van der Waals surface area contributed by atoms with Crippen LogP contribution in [-0.2, 0) is 0 Å². The Kier molecular flexibility index (Phi) is 5.17. The molecule has 1 unspecified atom stereocenters. The third-order valence-corrected chi connectivity index (χ3v) is 4.32. The first-order chi connectivity index (χ1) is 9.13. The molecule has 0 saturated heterocycles. The SMILES string of the molecule is CCCCN(C1CC1)C(C)C(=O)c1ccc(Br)cc1. The minimum absolute atomic E-state index is 0.000209. The summed E-state index contributed by atoms with van der Waals surface area (Å²) in [5, 5.41) is 0. The molecular formula is C16H22BrNO. The van der Waals surface area contributed by atoms with Crippen LogP contribution in [-0.4, -0.2) is 29.3 Å². The summed E-state index contributed by atoms with van der Waals surface area (Å²) in [5.41, 5.74) is 0.817. The van der Waals surface area contributed by atoms with Crippen molar-refractivity contribution in [1.29, 1.82) is 0 Å². The van der Waals surface area contributed by atoms with E-state index < -0.39 is 0 Å². The molecule has 0 spiro atoms. The van der Waals surface area contributed by atoms with Gasteiger partial charge in [0.05, 0.1) is 6.04 Å². The Balaban J connectivity index is 2.05. The Morgan fingerprint density at radius 3 is 2.53 bits per heavy atom. The van der Waals surface area contributed by atoms with Gasteiger partial charge < -0.3 is 0 Å². The summed E-state index contributed by atoms with van der Waals surface area (Å²) in [7, 11) is 0. The predicted molar refractivity (Wildman–Crippen MR) is 82.6 cm³/mol. The summed E-state index contributed by atoms with van der Waals surface area (Å²) in [6, 6.07) is 8.34. The molecular weight excluding hydrogens is 302 g/mol. The normalized spacial score (nSPS) is 16.6. The zero-order valence-corrected chi connectivity index (χ0v) is 13.3. The van der Waals surface area contributed by atoms with Crippen molar-refractivity contribution in [3.63, 3.8) is 0 Å². The lowest BCUT2D eigenvalue weighted by Crippen LogP contribution is -2.41. The highest BCUT2D eigenvalue weighted by molar-refractivity contribution is 9.10. The van der Waals surface area contributed by atoms with Gasteiger partial charge in [-0.3, -0.25) is 9.69 Å². The van der Waals surface area contributed by atoms with E-state index in [9.17, 15) is 4.79 Å². The maximum Gasteiger partial charge on any atom is 0.179 e. The summed E-state index contributed by atoms with van der Waals surface area (Å²) in [6.07, 6.45) is 4.86. The van der Waals surface area contributed by atoms with Crippen LogP contribution in [0.1, 0.15) is 49.9 Å². The fraction of sp³-hybridized carbons (Fsp3) is 0.562. The fourth-order valence-electron chi connectivity index (χ4n) is 2.45. The number of Topliss-reactive ketones (excluding diaryl/α,β-unsaturated/α-hetero) is 1. The molecule has 2 rings (SSSR count). The molecule has 0 aromatic heterocycles. The number of carbonyl (C=O) groups is 1. The molecule has 2 nitrogen and oxygen atoms in total. The van der Waals surface area contributed by atoms with E-state index in [1.165, 1.54) is 25.7 Å². The molecule has 0 amide bonds. The molecule has 0 aliphatic heterocycles. The van der Waals surface area contributed by atoms with Gasteiger partial charge >= 0.3 is 0 Å². The van der Waals surface area contributed by atoms with Crippen molar-refractivity contribution in [2.24, 2.45) is 0 Å². The topological polar surface area (TPSA) is 20.3 Å². The molecule has 3 heteroatoms. The molecule has 0 N–H and O–H groups in total. The second kappa shape index (κ2) is 6.67. The van der Waals surface area contributed by atoms with Gasteiger partial charge in [-0.1, -0.05) is 41.4 Å². The van der Waals surface area contributed by atoms with Crippen LogP contribution in [0.15, 0.2) is 28.7 Å². The van der Waals surface area contributed by atoms with E-state index >= 15 is 0 Å². The van der Waals surface area contributed by atoms with Gasteiger partial charge in [0.1, 0.15) is 0 Å². The highest BCUT2D eigenvalue weighted by atomic mass is 79.9. The first kappa shape index (κ1) is 14.7. The van der Waals surface area contributed by atoms with Crippen LogP contribution in [0, 0.1) is 0 Å². The molecule has 1 aliphatic carbocycles. The van der Waals surface area contributed by atoms with Gasteiger partial charge in [0.15, 0.2) is 5.78 Å². The smallest absolute Gasteiger partial charge is 0.179 e. The quantitative estimate of drug-likeness (QED) is 0.698. The van der Waals surface area contributed by atoms with Crippen LogP contribution in [0.5, 0.6) is 0 Å². The number of carbonyl (C=O) groups excluding carboxylic acids is 1. The first-order valence-corrected chi connectivity index (χ1v) is 7.98. The van der Waals surface area contributed by atoms with Crippen LogP contribution >= 0.6 is 15.9 Å². The van der Waals surface area contributed by atoms with Crippen LogP contribution in [0.25, 0.3) is 0 Å². The standard InChI is InChI=1S/C16H22BrNO/c1-3-4-11-18(15-9-10-15)12(2)16(19)13-5-7-14(17)8-6-13/h5-8,12,15H,3-4,9-11H2,1-2H3. The van der Waals surface area contributed by atoms with E-state index in [0.29, 0.717) is 6.04 Å². The second-order valence-electron chi connectivity index (χ2n) is 5.37. The van der Waals surface area contributed by atoms with Crippen LogP contribution in [0.4, 0.5) is 0 Å². The fourth-order valence-corrected chi connectivity index (χ4v) is 2.71. The van der Waals surface area contributed by atoms with Gasteiger partial charge in [0.25, 0.3) is 0 Å². The summed E-state index contributed by atoms with van der Waals surface area (Å²) < 4.78 is 1.02.